The summed E-state index contributed by atoms with van der Waals surface area (Å²) in [6, 6.07) is 12.0. The van der Waals surface area contributed by atoms with E-state index in [1.165, 1.54) is 11.0 Å². The van der Waals surface area contributed by atoms with Gasteiger partial charge in [0.15, 0.2) is 0 Å². The van der Waals surface area contributed by atoms with Gasteiger partial charge in [0.25, 0.3) is 16.0 Å². The molecule has 0 fully saturated rings. The molecular formula is C19H20Cl2N4O2S. The van der Waals surface area contributed by atoms with Gasteiger partial charge in [-0.3, -0.25) is 0 Å². The molecule has 1 aromatic heterocycles. The predicted molar refractivity (Wildman–Crippen MR) is 112 cm³/mol. The Morgan fingerprint density at radius 2 is 1.75 bits per heavy atom. The van der Waals surface area contributed by atoms with Gasteiger partial charge in [-0.1, -0.05) is 55.2 Å². The number of hydrogen-bond acceptors (Lipinski definition) is 4. The lowest BCUT2D eigenvalue weighted by Crippen LogP contribution is -2.14. The second-order valence-corrected chi connectivity index (χ2v) is 8.95. The maximum Gasteiger partial charge on any atom is 0.264 e. The lowest BCUT2D eigenvalue weighted by Gasteiger charge is -2.10. The van der Waals surface area contributed by atoms with Gasteiger partial charge in [-0.05, 0) is 42.2 Å². The van der Waals surface area contributed by atoms with Gasteiger partial charge in [-0.15, -0.1) is 5.10 Å². The molecule has 0 aliphatic heterocycles. The molecule has 1 heterocycles. The van der Waals surface area contributed by atoms with E-state index >= 15 is 0 Å². The van der Waals surface area contributed by atoms with Gasteiger partial charge in [0.2, 0.25) is 0 Å². The van der Waals surface area contributed by atoms with Crippen molar-refractivity contribution in [1.29, 1.82) is 0 Å². The number of halogens is 2. The second kappa shape index (κ2) is 8.51. The molecule has 148 valence electrons. The zero-order valence-corrected chi connectivity index (χ0v) is 17.8. The van der Waals surface area contributed by atoms with E-state index in [1.807, 2.05) is 12.1 Å². The molecule has 2 aromatic carbocycles. The van der Waals surface area contributed by atoms with E-state index < -0.39 is 10.0 Å². The average molecular weight is 439 g/mol. The first-order chi connectivity index (χ1) is 13.3. The fraction of sp³-hybridized carbons (Fsp3) is 0.263. The van der Waals surface area contributed by atoms with Crippen LogP contribution in [0.4, 0.5) is 5.95 Å². The molecule has 1 atom stereocenters. The molecule has 3 aromatic rings. The highest BCUT2D eigenvalue weighted by Crippen LogP contribution is 2.25. The van der Waals surface area contributed by atoms with E-state index in [4.69, 9.17) is 23.2 Å². The fourth-order valence-corrected chi connectivity index (χ4v) is 4.12. The minimum absolute atomic E-state index is 0.0193. The Morgan fingerprint density at radius 1 is 1.11 bits per heavy atom. The smallest absolute Gasteiger partial charge is 0.246 e. The first-order valence-electron chi connectivity index (χ1n) is 8.75. The van der Waals surface area contributed by atoms with E-state index in [0.29, 0.717) is 21.5 Å². The highest BCUT2D eigenvalue weighted by molar-refractivity contribution is 7.92. The molecule has 0 saturated heterocycles. The zero-order chi connectivity index (χ0) is 20.3. The van der Waals surface area contributed by atoms with Gasteiger partial charge in [0.05, 0.1) is 11.4 Å². The molecule has 0 bridgehead atoms. The van der Waals surface area contributed by atoms with Crippen molar-refractivity contribution in [3.63, 3.8) is 0 Å². The molecule has 6 nitrogen and oxygen atoms in total. The summed E-state index contributed by atoms with van der Waals surface area (Å²) >= 11 is 12.3. The average Bonchev–Trinajstić information content (AvgIpc) is 3.10. The van der Waals surface area contributed by atoms with Crippen LogP contribution in [0, 0.1) is 0 Å². The Hall–Kier alpha value is -2.09. The van der Waals surface area contributed by atoms with Gasteiger partial charge < -0.3 is 0 Å². The van der Waals surface area contributed by atoms with Crippen LogP contribution in [0.1, 0.15) is 37.3 Å². The molecule has 0 radical (unpaired) electrons. The Kier molecular flexibility index (Phi) is 6.27. The normalized spacial score (nSPS) is 12.7. The maximum atomic E-state index is 12.6. The molecule has 0 saturated carbocycles. The third kappa shape index (κ3) is 4.66. The zero-order valence-electron chi connectivity index (χ0n) is 15.4. The predicted octanol–water partition coefficient (Wildman–Crippen LogP) is 4.95. The molecule has 3 rings (SSSR count). The van der Waals surface area contributed by atoms with Crippen molar-refractivity contribution < 1.29 is 8.42 Å². The van der Waals surface area contributed by atoms with Gasteiger partial charge in [-0.2, -0.15) is 4.98 Å². The van der Waals surface area contributed by atoms with Gasteiger partial charge >= 0.3 is 0 Å². The summed E-state index contributed by atoms with van der Waals surface area (Å²) in [7, 11) is -3.78. The Bertz CT molecular complexity index is 1050. The summed E-state index contributed by atoms with van der Waals surface area (Å²) in [6.07, 6.45) is 2.41. The van der Waals surface area contributed by atoms with Crippen molar-refractivity contribution in [2.24, 2.45) is 0 Å². The Morgan fingerprint density at radius 3 is 2.36 bits per heavy atom. The standard InChI is InChI=1S/C19H20Cl2N4O2S/c1-3-13(2)14-7-9-15(10-8-14)28(26,27)24-19-22-12-25(23-19)11-16-17(20)5-4-6-18(16)21/h4-10,12-13H,3,11H2,1-2H3,(H,23,24). The summed E-state index contributed by atoms with van der Waals surface area (Å²) in [5, 5.41) is 5.17. The third-order valence-corrected chi connectivity index (χ3v) is 6.57. The SMILES string of the molecule is CCC(C)c1ccc(S(=O)(=O)Nc2ncn(Cc3c(Cl)cccc3Cl)n2)cc1. The van der Waals surface area contributed by atoms with Crippen molar-refractivity contribution >= 4 is 39.2 Å². The van der Waals surface area contributed by atoms with Gasteiger partial charge in [-0.25, -0.2) is 17.8 Å². The largest absolute Gasteiger partial charge is 0.264 e. The number of nitrogens with zero attached hydrogens (tertiary/aromatic N) is 3. The first kappa shape index (κ1) is 20.6. The summed E-state index contributed by atoms with van der Waals surface area (Å²) in [5.41, 5.74) is 1.78. The van der Waals surface area contributed by atoms with Crippen LogP contribution in [0.2, 0.25) is 10.0 Å². The highest BCUT2D eigenvalue weighted by Gasteiger charge is 2.17. The first-order valence-corrected chi connectivity index (χ1v) is 11.0. The third-order valence-electron chi connectivity index (χ3n) is 4.52. The maximum absolute atomic E-state index is 12.6. The van der Waals surface area contributed by atoms with E-state index in [-0.39, 0.29) is 17.4 Å². The van der Waals surface area contributed by atoms with Crippen molar-refractivity contribution in [2.45, 2.75) is 37.6 Å². The van der Waals surface area contributed by atoms with Crippen LogP contribution in [0.25, 0.3) is 0 Å². The molecule has 1 N–H and O–H groups in total. The molecule has 0 aliphatic rings. The molecule has 0 spiro atoms. The lowest BCUT2D eigenvalue weighted by molar-refractivity contribution is 0.600. The van der Waals surface area contributed by atoms with Crippen molar-refractivity contribution in [2.75, 3.05) is 4.72 Å². The molecule has 1 unspecified atom stereocenters. The number of rotatable bonds is 7. The lowest BCUT2D eigenvalue weighted by atomic mass is 9.99. The monoisotopic (exact) mass is 438 g/mol. The molecular weight excluding hydrogens is 419 g/mol. The number of aromatic nitrogens is 3. The van der Waals surface area contributed by atoms with Crippen LogP contribution in [-0.4, -0.2) is 23.2 Å². The van der Waals surface area contributed by atoms with Crippen molar-refractivity contribution in [3.8, 4) is 0 Å². The minimum atomic E-state index is -3.78. The summed E-state index contributed by atoms with van der Waals surface area (Å²) in [5.74, 6) is 0.355. The van der Waals surface area contributed by atoms with Crippen LogP contribution >= 0.6 is 23.2 Å². The molecule has 28 heavy (non-hydrogen) atoms. The van der Waals surface area contributed by atoms with E-state index in [9.17, 15) is 8.42 Å². The quantitative estimate of drug-likeness (QED) is 0.565. The van der Waals surface area contributed by atoms with Gasteiger partial charge in [0.1, 0.15) is 6.33 Å². The van der Waals surface area contributed by atoms with E-state index in [1.54, 1.807) is 30.3 Å². The topological polar surface area (TPSA) is 76.9 Å². The Labute approximate surface area is 174 Å². The number of sulfonamides is 1. The van der Waals surface area contributed by atoms with E-state index in [2.05, 4.69) is 28.7 Å². The number of nitrogens with one attached hydrogen (secondary N) is 1. The minimum Gasteiger partial charge on any atom is -0.246 e. The molecule has 9 heteroatoms. The molecule has 0 aliphatic carbocycles. The fourth-order valence-electron chi connectivity index (χ4n) is 2.65. The van der Waals surface area contributed by atoms with Crippen molar-refractivity contribution in [3.05, 3.63) is 70.0 Å². The van der Waals surface area contributed by atoms with E-state index in [0.717, 1.165) is 12.0 Å². The van der Waals surface area contributed by atoms with Crippen LogP contribution in [0.5, 0.6) is 0 Å². The Balaban J connectivity index is 1.75. The molecule has 0 amide bonds. The highest BCUT2D eigenvalue weighted by atomic mass is 35.5. The van der Waals surface area contributed by atoms with Crippen LogP contribution in [0.15, 0.2) is 53.7 Å². The summed E-state index contributed by atoms with van der Waals surface area (Å²) in [4.78, 5) is 4.17. The van der Waals surface area contributed by atoms with Crippen LogP contribution in [0.3, 0.4) is 0 Å². The number of hydrogen-bond donors (Lipinski definition) is 1. The van der Waals surface area contributed by atoms with Crippen molar-refractivity contribution in [1.82, 2.24) is 14.8 Å². The van der Waals surface area contributed by atoms with Crippen LogP contribution in [-0.2, 0) is 16.6 Å². The van der Waals surface area contributed by atoms with Crippen LogP contribution < -0.4 is 4.72 Å². The van der Waals surface area contributed by atoms with Gasteiger partial charge in [0, 0.05) is 15.6 Å². The number of benzene rings is 2. The summed E-state index contributed by atoms with van der Waals surface area (Å²) < 4.78 is 29.0. The summed E-state index contributed by atoms with van der Waals surface area (Å²) in [6.45, 7) is 4.47. The second-order valence-electron chi connectivity index (χ2n) is 6.45. The number of anilines is 1.